The number of ether oxygens (including phenoxy) is 3. The third kappa shape index (κ3) is 10.5. The highest BCUT2D eigenvalue weighted by Crippen LogP contribution is 2.49. The molecule has 0 radical (unpaired) electrons. The fourth-order valence-corrected chi connectivity index (χ4v) is 11.4. The second kappa shape index (κ2) is 19.9. The number of benzene rings is 2. The molecule has 1 saturated carbocycles. The standard InChI is InChI=1S/C51H64N8O9S/c1-5-50(4,61)18-8-9-21-52-47-43(59(62)63)27-37(28-54-47)69(64,65)56-48(60)41-16-15-35(26-44(41)68-45-25-34-17-22-53-46(34)55-49(45)67-36-29-66-30-36)57-23-19-51(20-24-57)31-58(32-51)42-14-10-13-40(42)39-12-7-6-11-38(39)33(2)3/h6-7,11-12,15-17,22,25-28,33,36,40,42,61H,5,8-10,13-14,18-21,23-24,29-32H2,1-4H3,(H,52,54)(H,53,55)(H,56,60)/t40-,42-,50+/m0/s1. The van der Waals surface area contributed by atoms with Crippen LogP contribution in [0.1, 0.15) is 119 Å². The molecule has 3 aliphatic heterocycles. The zero-order valence-corrected chi connectivity index (χ0v) is 40.7. The second-order valence-electron chi connectivity index (χ2n) is 20.0. The van der Waals surface area contributed by atoms with E-state index in [0.29, 0.717) is 69.0 Å². The minimum Gasteiger partial charge on any atom is -0.467 e. The quantitative estimate of drug-likeness (QED) is 0.0346. The summed E-state index contributed by atoms with van der Waals surface area (Å²) in [7, 11) is -4.68. The van der Waals surface area contributed by atoms with Crippen LogP contribution < -0.4 is 24.4 Å². The van der Waals surface area contributed by atoms with E-state index in [1.165, 1.54) is 36.5 Å². The summed E-state index contributed by atoms with van der Waals surface area (Å²) in [5.41, 5.74) is 3.14. The van der Waals surface area contributed by atoms with Crippen LogP contribution in [-0.4, -0.2) is 108 Å². The summed E-state index contributed by atoms with van der Waals surface area (Å²) in [6, 6.07) is 19.1. The smallest absolute Gasteiger partial charge is 0.312 e. The molecule has 3 aromatic heterocycles. The van der Waals surface area contributed by atoms with Crippen LogP contribution >= 0.6 is 0 Å². The molecular weight excluding hydrogens is 901 g/mol. The van der Waals surface area contributed by atoms with Crippen molar-refractivity contribution < 1.29 is 37.5 Å². The number of hydrogen-bond donors (Lipinski definition) is 4. The minimum absolute atomic E-state index is 0.0692. The highest BCUT2D eigenvalue weighted by Gasteiger charge is 2.49. The van der Waals surface area contributed by atoms with Gasteiger partial charge in [-0.05, 0) is 111 Å². The number of nitrogens with zero attached hydrogens (tertiary/aromatic N) is 5. The number of piperidine rings is 1. The van der Waals surface area contributed by atoms with Crippen molar-refractivity contribution in [3.8, 4) is 17.4 Å². The topological polar surface area (TPSA) is 214 Å². The maximum absolute atomic E-state index is 14.2. The maximum Gasteiger partial charge on any atom is 0.312 e. The Bertz CT molecular complexity index is 2780. The molecule has 3 saturated heterocycles. The third-order valence-electron chi connectivity index (χ3n) is 14.8. The number of nitro groups is 1. The van der Waals surface area contributed by atoms with Crippen LogP contribution in [0.15, 0.2) is 78.0 Å². The Labute approximate surface area is 403 Å². The molecule has 6 heterocycles. The van der Waals surface area contributed by atoms with E-state index in [1.807, 2.05) is 13.0 Å². The number of amides is 1. The number of likely N-dealkylation sites (tertiary alicyclic amines) is 1. The van der Waals surface area contributed by atoms with Gasteiger partial charge in [0.15, 0.2) is 5.75 Å². The van der Waals surface area contributed by atoms with Crippen molar-refractivity contribution in [2.75, 3.05) is 56.2 Å². The number of H-pyrrole nitrogens is 1. The van der Waals surface area contributed by atoms with Gasteiger partial charge in [-0.3, -0.25) is 19.8 Å². The van der Waals surface area contributed by atoms with Crippen molar-refractivity contribution in [2.45, 2.75) is 120 Å². The van der Waals surface area contributed by atoms with E-state index in [1.54, 1.807) is 31.3 Å². The van der Waals surface area contributed by atoms with Crippen LogP contribution in [0.3, 0.4) is 0 Å². The van der Waals surface area contributed by atoms with Gasteiger partial charge in [-0.25, -0.2) is 18.1 Å². The summed E-state index contributed by atoms with van der Waals surface area (Å²) in [5, 5.41) is 26.1. The van der Waals surface area contributed by atoms with Gasteiger partial charge in [0.1, 0.15) is 22.4 Å². The fourth-order valence-electron chi connectivity index (χ4n) is 10.5. The number of sulfonamides is 1. The summed E-state index contributed by atoms with van der Waals surface area (Å²) in [5.74, 6) is 0.386. The van der Waals surface area contributed by atoms with E-state index in [2.05, 4.69) is 72.9 Å². The number of nitrogens with one attached hydrogen (secondary N) is 3. The molecule has 69 heavy (non-hydrogen) atoms. The number of rotatable bonds is 19. The summed E-state index contributed by atoms with van der Waals surface area (Å²) >= 11 is 0. The molecule has 1 amide bonds. The molecule has 1 spiro atoms. The molecule has 4 N–H and O–H groups in total. The van der Waals surface area contributed by atoms with Gasteiger partial charge in [-0.1, -0.05) is 51.5 Å². The monoisotopic (exact) mass is 964 g/mol. The highest BCUT2D eigenvalue weighted by atomic mass is 32.2. The predicted octanol–water partition coefficient (Wildman–Crippen LogP) is 8.66. The number of pyridine rings is 2. The zero-order chi connectivity index (χ0) is 48.5. The molecule has 2 aromatic carbocycles. The molecule has 4 aliphatic rings. The molecular formula is C51H64N8O9S. The molecule has 4 fully saturated rings. The molecule has 5 aromatic rings. The number of carbonyl (C=O) groups is 1. The van der Waals surface area contributed by atoms with Crippen LogP contribution in [0.5, 0.6) is 17.4 Å². The lowest BCUT2D eigenvalue weighted by molar-refractivity contribution is -0.384. The number of hydrogen-bond acceptors (Lipinski definition) is 14. The first kappa shape index (κ1) is 48.2. The van der Waals surface area contributed by atoms with Gasteiger partial charge in [-0.15, -0.1) is 0 Å². The Balaban J connectivity index is 0.929. The molecule has 0 unspecified atom stereocenters. The van der Waals surface area contributed by atoms with Gasteiger partial charge in [0.2, 0.25) is 5.82 Å². The lowest BCUT2D eigenvalue weighted by Crippen LogP contribution is -2.63. The molecule has 0 bridgehead atoms. The minimum atomic E-state index is -4.68. The molecule has 9 rings (SSSR count). The predicted molar refractivity (Wildman–Crippen MR) is 263 cm³/mol. The number of unbranched alkanes of at least 4 members (excludes halogenated alkanes) is 1. The van der Waals surface area contributed by atoms with Crippen LogP contribution in [-0.2, 0) is 14.8 Å². The normalized spacial score (nSPS) is 20.3. The molecule has 17 nitrogen and oxygen atoms in total. The van der Waals surface area contributed by atoms with Gasteiger partial charge in [0, 0.05) is 68.2 Å². The summed E-state index contributed by atoms with van der Waals surface area (Å²) in [6.45, 7) is 13.1. The molecule has 1 aliphatic carbocycles. The molecule has 18 heteroatoms. The lowest BCUT2D eigenvalue weighted by Gasteiger charge is -2.57. The Hall–Kier alpha value is -5.82. The van der Waals surface area contributed by atoms with Gasteiger partial charge in [-0.2, -0.15) is 4.98 Å². The van der Waals surface area contributed by atoms with E-state index < -0.39 is 37.0 Å². The zero-order valence-electron chi connectivity index (χ0n) is 39.9. The largest absolute Gasteiger partial charge is 0.467 e. The van der Waals surface area contributed by atoms with Gasteiger partial charge in [0.05, 0.1) is 35.5 Å². The lowest BCUT2D eigenvalue weighted by atomic mass is 9.70. The number of carbonyl (C=O) groups excluding carboxylic acids is 1. The Morgan fingerprint density at radius 1 is 1.07 bits per heavy atom. The third-order valence-corrected chi connectivity index (χ3v) is 16.1. The maximum atomic E-state index is 14.2. The van der Waals surface area contributed by atoms with E-state index in [9.17, 15) is 28.4 Å². The SMILES string of the molecule is CC[C@@](C)(O)CCCCNc1ncc(S(=O)(=O)NC(=O)c2ccc(N3CCC4(CC3)CN([C@H]3CCC[C@H]3c3ccccc3C(C)C)C4)cc2Oc2cc3cc[nH]c3nc2OC2COC2)cc1[N+](=O)[O-]. The van der Waals surface area contributed by atoms with E-state index >= 15 is 0 Å². The first-order valence-corrected chi connectivity index (χ1v) is 25.9. The first-order valence-electron chi connectivity index (χ1n) is 24.4. The Morgan fingerprint density at radius 2 is 1.86 bits per heavy atom. The summed E-state index contributed by atoms with van der Waals surface area (Å²) < 4.78 is 47.9. The van der Waals surface area contributed by atoms with E-state index in [-0.39, 0.29) is 40.3 Å². The van der Waals surface area contributed by atoms with Crippen molar-refractivity contribution in [2.24, 2.45) is 5.41 Å². The highest BCUT2D eigenvalue weighted by molar-refractivity contribution is 7.90. The average Bonchev–Trinajstić information content (AvgIpc) is 3.99. The number of aromatic nitrogens is 3. The van der Waals surface area contributed by atoms with Crippen molar-refractivity contribution in [1.82, 2.24) is 24.6 Å². The Morgan fingerprint density at radius 3 is 2.58 bits per heavy atom. The molecule has 368 valence electrons. The first-order chi connectivity index (χ1) is 33.1. The van der Waals surface area contributed by atoms with Crippen LogP contribution in [0, 0.1) is 15.5 Å². The number of aromatic amines is 1. The average molecular weight is 965 g/mol. The van der Waals surface area contributed by atoms with E-state index in [0.717, 1.165) is 62.4 Å². The van der Waals surface area contributed by atoms with Crippen molar-refractivity contribution >= 4 is 44.2 Å². The van der Waals surface area contributed by atoms with Crippen LogP contribution in [0.25, 0.3) is 11.0 Å². The van der Waals surface area contributed by atoms with Gasteiger partial charge in [0.25, 0.3) is 21.8 Å². The second-order valence-corrected chi connectivity index (χ2v) is 21.7. The van der Waals surface area contributed by atoms with Crippen molar-refractivity contribution in [3.05, 3.63) is 99.9 Å². The van der Waals surface area contributed by atoms with E-state index in [4.69, 9.17) is 14.2 Å². The fraction of sp³-hybridized carbons (Fsp3) is 0.510. The number of anilines is 2. The molecule has 3 atom stereocenters. The van der Waals surface area contributed by atoms with Crippen LogP contribution in [0.2, 0.25) is 0 Å². The summed E-state index contributed by atoms with van der Waals surface area (Å²) in [4.78, 5) is 41.9. The Kier molecular flexibility index (Phi) is 13.9. The number of fused-ring (bicyclic) bond motifs is 1. The van der Waals surface area contributed by atoms with Crippen molar-refractivity contribution in [3.63, 3.8) is 0 Å². The summed E-state index contributed by atoms with van der Waals surface area (Å²) in [6.07, 6.45) is 10.6. The van der Waals surface area contributed by atoms with Gasteiger partial charge < -0.3 is 34.5 Å². The number of aliphatic hydroxyl groups is 1. The van der Waals surface area contributed by atoms with Crippen molar-refractivity contribution in [1.29, 1.82) is 0 Å². The van der Waals surface area contributed by atoms with Crippen LogP contribution in [0.4, 0.5) is 17.2 Å². The van der Waals surface area contributed by atoms with Gasteiger partial charge >= 0.3 is 5.69 Å².